The van der Waals surface area contributed by atoms with Crippen LogP contribution in [-0.2, 0) is 11.2 Å². The molecule has 0 spiro atoms. The number of hydrogen-bond donors (Lipinski definition) is 2. The Kier molecular flexibility index (Phi) is 5.81. The second-order valence-electron chi connectivity index (χ2n) is 5.65. The zero-order valence-electron chi connectivity index (χ0n) is 14.1. The largest absolute Gasteiger partial charge is 0.507 e. The van der Waals surface area contributed by atoms with E-state index in [1.54, 1.807) is 30.0 Å². The minimum Gasteiger partial charge on any atom is -0.507 e. The number of aromatic hydroxyl groups is 1. The van der Waals surface area contributed by atoms with Gasteiger partial charge in [0.15, 0.2) is 0 Å². The summed E-state index contributed by atoms with van der Waals surface area (Å²) in [6, 6.07) is 16.6. The van der Waals surface area contributed by atoms with Gasteiger partial charge < -0.3 is 5.11 Å². The van der Waals surface area contributed by atoms with Crippen LogP contribution in [0.25, 0.3) is 10.8 Å². The number of halogens is 1. The number of hydrazone groups is 1. The predicted octanol–water partition coefficient (Wildman–Crippen LogP) is 4.61. The first-order chi connectivity index (χ1) is 12.6. The van der Waals surface area contributed by atoms with E-state index >= 15 is 0 Å². The SMILES string of the molecule is CSc1ccc(Cl)cc1CC(=O)N/N=C\c1c(O)ccc2ccccc12. The van der Waals surface area contributed by atoms with E-state index in [4.69, 9.17) is 11.6 Å². The molecule has 0 aliphatic heterocycles. The molecule has 2 N–H and O–H groups in total. The molecule has 0 aromatic heterocycles. The van der Waals surface area contributed by atoms with Crippen LogP contribution in [0.15, 0.2) is 64.6 Å². The van der Waals surface area contributed by atoms with Gasteiger partial charge in [0.2, 0.25) is 5.91 Å². The first kappa shape index (κ1) is 18.3. The number of benzene rings is 3. The predicted molar refractivity (Wildman–Crippen MR) is 108 cm³/mol. The van der Waals surface area contributed by atoms with Crippen molar-refractivity contribution in [3.63, 3.8) is 0 Å². The summed E-state index contributed by atoms with van der Waals surface area (Å²) < 4.78 is 0. The monoisotopic (exact) mass is 384 g/mol. The van der Waals surface area contributed by atoms with E-state index in [2.05, 4.69) is 10.5 Å². The van der Waals surface area contributed by atoms with Gasteiger partial charge in [0.05, 0.1) is 12.6 Å². The highest BCUT2D eigenvalue weighted by Crippen LogP contribution is 2.26. The molecule has 0 saturated heterocycles. The summed E-state index contributed by atoms with van der Waals surface area (Å²) in [7, 11) is 0. The van der Waals surface area contributed by atoms with Crippen LogP contribution in [0.1, 0.15) is 11.1 Å². The summed E-state index contributed by atoms with van der Waals surface area (Å²) in [4.78, 5) is 13.2. The maximum Gasteiger partial charge on any atom is 0.244 e. The number of hydrogen-bond acceptors (Lipinski definition) is 4. The zero-order chi connectivity index (χ0) is 18.5. The van der Waals surface area contributed by atoms with Gasteiger partial charge in [0.25, 0.3) is 0 Å². The first-order valence-corrected chi connectivity index (χ1v) is 9.54. The number of amides is 1. The van der Waals surface area contributed by atoms with Gasteiger partial charge in [-0.25, -0.2) is 5.43 Å². The van der Waals surface area contributed by atoms with Gasteiger partial charge in [0, 0.05) is 15.5 Å². The summed E-state index contributed by atoms with van der Waals surface area (Å²) in [5, 5.41) is 16.5. The Labute approximate surface area is 160 Å². The van der Waals surface area contributed by atoms with Crippen molar-refractivity contribution in [2.24, 2.45) is 5.10 Å². The third-order valence-corrected chi connectivity index (χ3v) is 5.00. The molecule has 132 valence electrons. The van der Waals surface area contributed by atoms with Gasteiger partial charge in [0.1, 0.15) is 5.75 Å². The Bertz CT molecular complexity index is 989. The number of rotatable bonds is 5. The quantitative estimate of drug-likeness (QED) is 0.383. The molecule has 4 nitrogen and oxygen atoms in total. The normalized spacial score (nSPS) is 11.2. The molecule has 0 atom stereocenters. The molecule has 0 aliphatic carbocycles. The number of nitrogens with one attached hydrogen (secondary N) is 1. The maximum absolute atomic E-state index is 12.2. The number of thioether (sulfide) groups is 1. The highest BCUT2D eigenvalue weighted by Gasteiger charge is 2.09. The number of fused-ring (bicyclic) bond motifs is 1. The first-order valence-electron chi connectivity index (χ1n) is 7.93. The average molecular weight is 385 g/mol. The van der Waals surface area contributed by atoms with E-state index in [-0.39, 0.29) is 18.1 Å². The average Bonchev–Trinajstić information content (AvgIpc) is 2.64. The number of phenolic OH excluding ortho intramolecular Hbond substituents is 1. The summed E-state index contributed by atoms with van der Waals surface area (Å²) in [6.45, 7) is 0. The van der Waals surface area contributed by atoms with Crippen LogP contribution in [0, 0.1) is 0 Å². The van der Waals surface area contributed by atoms with Crippen molar-refractivity contribution in [3.05, 3.63) is 70.7 Å². The molecule has 3 rings (SSSR count). The fourth-order valence-corrected chi connectivity index (χ4v) is 3.48. The Balaban J connectivity index is 1.74. The molecule has 1 amide bonds. The van der Waals surface area contributed by atoms with Crippen molar-refractivity contribution in [3.8, 4) is 5.75 Å². The third-order valence-electron chi connectivity index (χ3n) is 3.92. The third kappa shape index (κ3) is 4.18. The lowest BCUT2D eigenvalue weighted by atomic mass is 10.0. The van der Waals surface area contributed by atoms with Crippen molar-refractivity contribution in [2.75, 3.05) is 6.26 Å². The molecule has 0 bridgehead atoms. The lowest BCUT2D eigenvalue weighted by Crippen LogP contribution is -2.20. The Morgan fingerprint density at radius 2 is 2.04 bits per heavy atom. The Morgan fingerprint density at radius 1 is 1.23 bits per heavy atom. The van der Waals surface area contributed by atoms with Crippen LogP contribution >= 0.6 is 23.4 Å². The molecule has 0 fully saturated rings. The summed E-state index contributed by atoms with van der Waals surface area (Å²) in [6.07, 6.45) is 3.59. The molecular weight excluding hydrogens is 368 g/mol. The molecule has 0 saturated carbocycles. The fraction of sp³-hybridized carbons (Fsp3) is 0.100. The van der Waals surface area contributed by atoms with Crippen LogP contribution in [0.4, 0.5) is 0 Å². The van der Waals surface area contributed by atoms with Crippen LogP contribution in [0.5, 0.6) is 5.75 Å². The van der Waals surface area contributed by atoms with E-state index in [1.807, 2.05) is 42.7 Å². The lowest BCUT2D eigenvalue weighted by Gasteiger charge is -2.07. The number of carbonyl (C=O) groups is 1. The highest BCUT2D eigenvalue weighted by atomic mass is 35.5. The number of phenols is 1. The summed E-state index contributed by atoms with van der Waals surface area (Å²) >= 11 is 7.58. The molecule has 3 aromatic carbocycles. The molecule has 0 aliphatic rings. The highest BCUT2D eigenvalue weighted by molar-refractivity contribution is 7.98. The smallest absolute Gasteiger partial charge is 0.244 e. The van der Waals surface area contributed by atoms with Crippen LogP contribution in [0.2, 0.25) is 5.02 Å². The topological polar surface area (TPSA) is 61.7 Å². The Morgan fingerprint density at radius 3 is 2.85 bits per heavy atom. The van der Waals surface area contributed by atoms with Gasteiger partial charge in [-0.2, -0.15) is 5.10 Å². The van der Waals surface area contributed by atoms with Gasteiger partial charge in [-0.05, 0) is 46.9 Å². The fourth-order valence-electron chi connectivity index (χ4n) is 2.69. The van der Waals surface area contributed by atoms with Crippen molar-refractivity contribution in [2.45, 2.75) is 11.3 Å². The minimum absolute atomic E-state index is 0.112. The Hall–Kier alpha value is -2.50. The van der Waals surface area contributed by atoms with Gasteiger partial charge in [-0.15, -0.1) is 11.8 Å². The zero-order valence-corrected chi connectivity index (χ0v) is 15.6. The molecule has 0 heterocycles. The van der Waals surface area contributed by atoms with Crippen LogP contribution in [-0.4, -0.2) is 23.5 Å². The second kappa shape index (κ2) is 8.25. The standard InChI is InChI=1S/C20H17ClN2O2S/c1-26-19-9-7-15(21)10-14(19)11-20(25)23-22-12-17-16-5-3-2-4-13(16)6-8-18(17)24/h2-10,12,24H,11H2,1H3,(H,23,25)/b22-12-. The minimum atomic E-state index is -0.251. The van der Waals surface area contributed by atoms with E-state index in [9.17, 15) is 9.90 Å². The molecule has 0 unspecified atom stereocenters. The molecule has 6 heteroatoms. The van der Waals surface area contributed by atoms with E-state index in [0.717, 1.165) is 21.2 Å². The summed E-state index contributed by atoms with van der Waals surface area (Å²) in [5.74, 6) is -0.139. The number of nitrogens with zero attached hydrogens (tertiary/aromatic N) is 1. The van der Waals surface area contributed by atoms with Gasteiger partial charge in [-0.1, -0.05) is 41.9 Å². The summed E-state index contributed by atoms with van der Waals surface area (Å²) in [5.41, 5.74) is 3.93. The van der Waals surface area contributed by atoms with Gasteiger partial charge in [-0.3, -0.25) is 4.79 Å². The lowest BCUT2D eigenvalue weighted by molar-refractivity contribution is -0.120. The molecule has 3 aromatic rings. The molecule has 0 radical (unpaired) electrons. The van der Waals surface area contributed by atoms with E-state index in [0.29, 0.717) is 10.6 Å². The van der Waals surface area contributed by atoms with Crippen molar-refractivity contribution in [1.82, 2.24) is 5.43 Å². The number of carbonyl (C=O) groups excluding carboxylic acids is 1. The van der Waals surface area contributed by atoms with Crippen molar-refractivity contribution >= 4 is 46.3 Å². The van der Waals surface area contributed by atoms with Crippen molar-refractivity contribution in [1.29, 1.82) is 0 Å². The maximum atomic E-state index is 12.2. The van der Waals surface area contributed by atoms with Crippen molar-refractivity contribution < 1.29 is 9.90 Å². The molecular formula is C20H17ClN2O2S. The van der Waals surface area contributed by atoms with Crippen LogP contribution in [0.3, 0.4) is 0 Å². The second-order valence-corrected chi connectivity index (χ2v) is 6.93. The van der Waals surface area contributed by atoms with E-state index in [1.165, 1.54) is 6.21 Å². The van der Waals surface area contributed by atoms with E-state index < -0.39 is 0 Å². The molecule has 26 heavy (non-hydrogen) atoms. The van der Waals surface area contributed by atoms with Gasteiger partial charge >= 0.3 is 0 Å². The van der Waals surface area contributed by atoms with Crippen LogP contribution < -0.4 is 5.43 Å².